The number of rotatable bonds is 8. The molecule has 0 unspecified atom stereocenters. The van der Waals surface area contributed by atoms with Gasteiger partial charge < -0.3 is 0 Å². The van der Waals surface area contributed by atoms with E-state index >= 15 is 0 Å². The molecule has 0 rings (SSSR count). The van der Waals surface area contributed by atoms with E-state index in [9.17, 15) is 0 Å². The van der Waals surface area contributed by atoms with E-state index in [4.69, 9.17) is 0 Å². The third-order valence-corrected chi connectivity index (χ3v) is 2.03. The highest BCUT2D eigenvalue weighted by molar-refractivity contribution is 5.10. The maximum absolute atomic E-state index is 3.83. The van der Waals surface area contributed by atoms with E-state index in [1.807, 2.05) is 19.1 Å². The number of unbranched alkanes of at least 4 members (excludes halogenated alkanes) is 5. The summed E-state index contributed by atoms with van der Waals surface area (Å²) in [7, 11) is 0. The first-order chi connectivity index (χ1) is 6.91. The van der Waals surface area contributed by atoms with Crippen LogP contribution in [-0.4, -0.2) is 0 Å². The first kappa shape index (κ1) is 13.2. The number of hydrogen-bond acceptors (Lipinski definition) is 0. The van der Waals surface area contributed by atoms with Gasteiger partial charge in [0.1, 0.15) is 0 Å². The Bertz CT molecular complexity index is 172. The van der Waals surface area contributed by atoms with E-state index in [0.717, 1.165) is 6.42 Å². The molecule has 0 aromatic heterocycles. The molecule has 0 heterocycles. The van der Waals surface area contributed by atoms with Gasteiger partial charge in [0, 0.05) is 0 Å². The van der Waals surface area contributed by atoms with Crippen LogP contribution in [0.3, 0.4) is 0 Å². The fourth-order valence-corrected chi connectivity index (χ4v) is 1.21. The minimum absolute atomic E-state index is 1.09. The topological polar surface area (TPSA) is 0 Å². The highest BCUT2D eigenvalue weighted by Crippen LogP contribution is 2.04. The zero-order valence-electron chi connectivity index (χ0n) is 9.41. The summed E-state index contributed by atoms with van der Waals surface area (Å²) in [5, 5.41) is 0. The Balaban J connectivity index is 3.18. The van der Waals surface area contributed by atoms with Crippen molar-refractivity contribution in [3.05, 3.63) is 43.4 Å². The molecule has 0 aliphatic rings. The second kappa shape index (κ2) is 12.2. The Morgan fingerprint density at radius 1 is 0.857 bits per heavy atom. The monoisotopic (exact) mass is 191 g/mol. The van der Waals surface area contributed by atoms with Gasteiger partial charge in [0.15, 0.2) is 0 Å². The molecule has 0 spiro atoms. The van der Waals surface area contributed by atoms with E-state index in [0.29, 0.717) is 0 Å². The largest absolute Gasteiger partial charge is 0.0877 e. The maximum atomic E-state index is 3.83. The molecule has 0 amide bonds. The summed E-state index contributed by atoms with van der Waals surface area (Å²) in [5.41, 5.74) is 0. The molecule has 0 aromatic rings. The van der Waals surface area contributed by atoms with Crippen LogP contribution in [0.25, 0.3) is 0 Å². The molecule has 0 bridgehead atoms. The van der Waals surface area contributed by atoms with E-state index in [-0.39, 0.29) is 0 Å². The standard InChI is InChI=1S/C14H23/c1-3-5-7-9-11-13-14-12-10-8-6-4-2/h4,6,8,10,12,14H,1,3,5,7,9,11,13H2,2H3/b6-4+,10-8+,14-12+. The molecule has 0 heteroatoms. The highest BCUT2D eigenvalue weighted by Gasteiger charge is 1.85. The molecular formula is C14H23. The van der Waals surface area contributed by atoms with Gasteiger partial charge in [0.05, 0.1) is 0 Å². The van der Waals surface area contributed by atoms with Crippen molar-refractivity contribution in [1.29, 1.82) is 0 Å². The lowest BCUT2D eigenvalue weighted by Crippen LogP contribution is -1.75. The Kier molecular flexibility index (Phi) is 11.5. The van der Waals surface area contributed by atoms with Gasteiger partial charge in [-0.2, -0.15) is 0 Å². The Labute approximate surface area is 89.4 Å². The first-order valence-electron chi connectivity index (χ1n) is 5.65. The highest BCUT2D eigenvalue weighted by atomic mass is 13.9. The van der Waals surface area contributed by atoms with Gasteiger partial charge in [-0.25, -0.2) is 0 Å². The summed E-state index contributed by atoms with van der Waals surface area (Å²) in [4.78, 5) is 0. The second-order valence-electron chi connectivity index (χ2n) is 3.40. The van der Waals surface area contributed by atoms with Crippen LogP contribution in [0.5, 0.6) is 0 Å². The molecular weight excluding hydrogens is 168 g/mol. The fraction of sp³-hybridized carbons (Fsp3) is 0.500. The van der Waals surface area contributed by atoms with Gasteiger partial charge in [-0.05, 0) is 19.8 Å². The SMILES string of the molecule is [CH2]CCCCCC/C=C/C=C/C=C/C. The number of allylic oxidation sites excluding steroid dienone is 6. The zero-order valence-corrected chi connectivity index (χ0v) is 9.41. The van der Waals surface area contributed by atoms with Crippen LogP contribution in [0.4, 0.5) is 0 Å². The van der Waals surface area contributed by atoms with Crippen LogP contribution >= 0.6 is 0 Å². The summed E-state index contributed by atoms with van der Waals surface area (Å²) in [6, 6.07) is 0. The van der Waals surface area contributed by atoms with Crippen molar-refractivity contribution in [1.82, 2.24) is 0 Å². The average molecular weight is 191 g/mol. The third kappa shape index (κ3) is 11.2. The molecule has 1 radical (unpaired) electrons. The van der Waals surface area contributed by atoms with Crippen molar-refractivity contribution in [2.75, 3.05) is 0 Å². The predicted molar refractivity (Wildman–Crippen MR) is 66.2 cm³/mol. The third-order valence-electron chi connectivity index (χ3n) is 2.03. The summed E-state index contributed by atoms with van der Waals surface area (Å²) in [6.07, 6.45) is 20.1. The minimum Gasteiger partial charge on any atom is -0.0877 e. The van der Waals surface area contributed by atoms with Gasteiger partial charge >= 0.3 is 0 Å². The quantitative estimate of drug-likeness (QED) is 0.380. The molecule has 0 aromatic carbocycles. The normalized spacial score (nSPS) is 12.4. The van der Waals surface area contributed by atoms with Gasteiger partial charge in [0.25, 0.3) is 0 Å². The van der Waals surface area contributed by atoms with Crippen LogP contribution in [-0.2, 0) is 0 Å². The lowest BCUT2D eigenvalue weighted by Gasteiger charge is -1.95. The Morgan fingerprint density at radius 3 is 2.29 bits per heavy atom. The molecule has 79 valence electrons. The van der Waals surface area contributed by atoms with Crippen molar-refractivity contribution >= 4 is 0 Å². The molecule has 0 aliphatic carbocycles. The first-order valence-corrected chi connectivity index (χ1v) is 5.65. The van der Waals surface area contributed by atoms with E-state index in [2.05, 4.69) is 31.2 Å². The fourth-order valence-electron chi connectivity index (χ4n) is 1.21. The van der Waals surface area contributed by atoms with Crippen LogP contribution in [0.2, 0.25) is 0 Å². The van der Waals surface area contributed by atoms with Crippen LogP contribution in [0, 0.1) is 6.92 Å². The zero-order chi connectivity index (χ0) is 10.5. The Hall–Kier alpha value is -0.780. The van der Waals surface area contributed by atoms with Gasteiger partial charge in [-0.3, -0.25) is 0 Å². The molecule has 0 fully saturated rings. The lowest BCUT2D eigenvalue weighted by molar-refractivity contribution is 0.651. The van der Waals surface area contributed by atoms with E-state index < -0.39 is 0 Å². The van der Waals surface area contributed by atoms with Crippen LogP contribution in [0.1, 0.15) is 45.4 Å². The van der Waals surface area contributed by atoms with E-state index in [1.54, 1.807) is 0 Å². The van der Waals surface area contributed by atoms with Crippen molar-refractivity contribution in [2.24, 2.45) is 0 Å². The van der Waals surface area contributed by atoms with Gasteiger partial charge in [-0.1, -0.05) is 69.1 Å². The molecule has 0 nitrogen and oxygen atoms in total. The summed E-state index contributed by atoms with van der Waals surface area (Å²) in [5.74, 6) is 0. The molecule has 0 saturated heterocycles. The van der Waals surface area contributed by atoms with E-state index in [1.165, 1.54) is 32.1 Å². The average Bonchev–Trinajstić information content (AvgIpc) is 2.21. The minimum atomic E-state index is 1.09. The molecule has 0 aliphatic heterocycles. The molecule has 14 heavy (non-hydrogen) atoms. The van der Waals surface area contributed by atoms with Crippen molar-refractivity contribution in [2.45, 2.75) is 45.4 Å². The van der Waals surface area contributed by atoms with Gasteiger partial charge in [0.2, 0.25) is 0 Å². The summed E-state index contributed by atoms with van der Waals surface area (Å²) < 4.78 is 0. The van der Waals surface area contributed by atoms with Crippen LogP contribution < -0.4 is 0 Å². The summed E-state index contributed by atoms with van der Waals surface area (Å²) >= 11 is 0. The Morgan fingerprint density at radius 2 is 1.57 bits per heavy atom. The van der Waals surface area contributed by atoms with Crippen molar-refractivity contribution in [3.8, 4) is 0 Å². The van der Waals surface area contributed by atoms with Crippen molar-refractivity contribution in [3.63, 3.8) is 0 Å². The molecule has 0 saturated carbocycles. The van der Waals surface area contributed by atoms with Gasteiger partial charge in [-0.15, -0.1) is 0 Å². The smallest absolute Gasteiger partial charge is 0.0348 e. The molecule has 0 N–H and O–H groups in total. The predicted octanol–water partition coefficient (Wildman–Crippen LogP) is 4.85. The maximum Gasteiger partial charge on any atom is -0.0348 e. The second-order valence-corrected chi connectivity index (χ2v) is 3.40. The number of hydrogen-bond donors (Lipinski definition) is 0. The van der Waals surface area contributed by atoms with Crippen LogP contribution in [0.15, 0.2) is 36.5 Å². The lowest BCUT2D eigenvalue weighted by atomic mass is 10.1. The summed E-state index contributed by atoms with van der Waals surface area (Å²) in [6.45, 7) is 5.86. The molecule has 0 atom stereocenters. The van der Waals surface area contributed by atoms with Crippen molar-refractivity contribution < 1.29 is 0 Å².